The summed E-state index contributed by atoms with van der Waals surface area (Å²) in [6.07, 6.45) is 3.49. The minimum absolute atomic E-state index is 0.0585. The average Bonchev–Trinajstić information content (AvgIpc) is 3.27. The molecule has 26 heavy (non-hydrogen) atoms. The molecule has 0 aromatic carbocycles. The zero-order valence-corrected chi connectivity index (χ0v) is 15.7. The fraction of sp³-hybridized carbons (Fsp3) is 0.684. The summed E-state index contributed by atoms with van der Waals surface area (Å²) < 4.78 is 5.71. The van der Waals surface area contributed by atoms with Crippen molar-refractivity contribution in [2.45, 2.75) is 44.3 Å². The summed E-state index contributed by atoms with van der Waals surface area (Å²) in [5.74, 6) is -0.0157. The average molecular weight is 378 g/mol. The van der Waals surface area contributed by atoms with Crippen molar-refractivity contribution in [1.82, 2.24) is 9.80 Å². The first-order valence-electron chi connectivity index (χ1n) is 9.49. The minimum Gasteiger partial charge on any atom is -0.461 e. The summed E-state index contributed by atoms with van der Waals surface area (Å²) >= 11 is 1.53. The molecular formula is C19H26N2O4S. The van der Waals surface area contributed by atoms with Crippen LogP contribution in [0.3, 0.4) is 0 Å². The maximum atomic E-state index is 12.6. The van der Waals surface area contributed by atoms with Crippen LogP contribution in [0.4, 0.5) is 0 Å². The number of cyclic esters (lactones) is 1. The number of carbonyl (C=O) groups excluding carboxylic acids is 2. The van der Waals surface area contributed by atoms with Crippen molar-refractivity contribution in [1.29, 1.82) is 0 Å². The van der Waals surface area contributed by atoms with E-state index in [1.807, 2.05) is 21.7 Å². The van der Waals surface area contributed by atoms with Crippen LogP contribution in [0.1, 0.15) is 42.5 Å². The molecule has 0 aliphatic carbocycles. The molecule has 0 radical (unpaired) electrons. The lowest BCUT2D eigenvalue weighted by Crippen LogP contribution is -2.45. The van der Waals surface area contributed by atoms with Gasteiger partial charge in [-0.1, -0.05) is 0 Å². The lowest BCUT2D eigenvalue weighted by atomic mass is 9.76. The predicted octanol–water partition coefficient (Wildman–Crippen LogP) is 1.74. The fourth-order valence-electron chi connectivity index (χ4n) is 4.44. The molecule has 3 aliphatic rings. The van der Waals surface area contributed by atoms with Crippen LogP contribution in [0.25, 0.3) is 0 Å². The van der Waals surface area contributed by atoms with Crippen LogP contribution in [0.2, 0.25) is 0 Å². The normalized spacial score (nSPS) is 27.0. The monoisotopic (exact) mass is 378 g/mol. The third-order valence-corrected chi connectivity index (χ3v) is 6.80. The summed E-state index contributed by atoms with van der Waals surface area (Å²) in [6.45, 7) is 3.73. The number of nitrogens with zero attached hydrogens (tertiary/aromatic N) is 2. The molecule has 4 rings (SSSR count). The number of carbonyl (C=O) groups is 2. The van der Waals surface area contributed by atoms with E-state index in [0.29, 0.717) is 25.9 Å². The first-order valence-corrected chi connectivity index (χ1v) is 10.4. The zero-order valence-electron chi connectivity index (χ0n) is 14.9. The SMILES string of the molecule is O=C(c1ccsc1)N1CCC2(CC1)CC(CN1CCC(O)CC1)OC2=O. The third-order valence-electron chi connectivity index (χ3n) is 6.12. The molecule has 1 aromatic rings. The van der Waals surface area contributed by atoms with Gasteiger partial charge in [0.05, 0.1) is 17.1 Å². The molecule has 1 aromatic heterocycles. The quantitative estimate of drug-likeness (QED) is 0.812. The molecule has 142 valence electrons. The van der Waals surface area contributed by atoms with E-state index in [1.165, 1.54) is 11.3 Å². The van der Waals surface area contributed by atoms with E-state index in [4.69, 9.17) is 4.74 Å². The molecule has 3 saturated heterocycles. The van der Waals surface area contributed by atoms with Gasteiger partial charge in [-0.25, -0.2) is 0 Å². The molecule has 1 N–H and O–H groups in total. The van der Waals surface area contributed by atoms with E-state index in [2.05, 4.69) is 4.90 Å². The van der Waals surface area contributed by atoms with Crippen molar-refractivity contribution in [2.75, 3.05) is 32.7 Å². The van der Waals surface area contributed by atoms with Crippen LogP contribution < -0.4 is 0 Å². The van der Waals surface area contributed by atoms with E-state index in [-0.39, 0.29) is 24.1 Å². The summed E-state index contributed by atoms with van der Waals surface area (Å²) in [5, 5.41) is 13.4. The Hall–Kier alpha value is -1.44. The highest BCUT2D eigenvalue weighted by Gasteiger charge is 2.51. The van der Waals surface area contributed by atoms with Crippen LogP contribution in [-0.2, 0) is 9.53 Å². The molecule has 0 bridgehead atoms. The van der Waals surface area contributed by atoms with Gasteiger partial charge in [0, 0.05) is 44.5 Å². The Labute approximate surface area is 157 Å². The smallest absolute Gasteiger partial charge is 0.312 e. The van der Waals surface area contributed by atoms with E-state index in [1.54, 1.807) is 0 Å². The van der Waals surface area contributed by atoms with Crippen molar-refractivity contribution in [3.05, 3.63) is 22.4 Å². The molecule has 3 aliphatic heterocycles. The van der Waals surface area contributed by atoms with E-state index >= 15 is 0 Å². The summed E-state index contributed by atoms with van der Waals surface area (Å²) in [7, 11) is 0. The highest BCUT2D eigenvalue weighted by atomic mass is 32.1. The maximum Gasteiger partial charge on any atom is 0.312 e. The molecule has 1 amide bonds. The van der Waals surface area contributed by atoms with E-state index in [9.17, 15) is 14.7 Å². The number of rotatable bonds is 3. The van der Waals surface area contributed by atoms with Crippen molar-refractivity contribution in [3.8, 4) is 0 Å². The van der Waals surface area contributed by atoms with Crippen LogP contribution in [-0.4, -0.2) is 71.7 Å². The van der Waals surface area contributed by atoms with Gasteiger partial charge in [0.1, 0.15) is 6.10 Å². The second-order valence-corrected chi connectivity index (χ2v) is 8.63. The van der Waals surface area contributed by atoms with Crippen LogP contribution >= 0.6 is 11.3 Å². The molecular weight excluding hydrogens is 352 g/mol. The molecule has 1 atom stereocenters. The Bertz CT molecular complexity index is 647. The van der Waals surface area contributed by atoms with Gasteiger partial charge < -0.3 is 14.7 Å². The molecule has 4 heterocycles. The van der Waals surface area contributed by atoms with E-state index in [0.717, 1.165) is 44.5 Å². The number of ether oxygens (including phenoxy) is 1. The standard InChI is InChI=1S/C19H26N2O4S/c22-15-1-6-20(7-2-15)12-16-11-19(18(24)25-16)4-8-21(9-5-19)17(23)14-3-10-26-13-14/h3,10,13,15-16,22H,1-2,4-9,11-12H2. The Morgan fingerprint density at radius 3 is 2.65 bits per heavy atom. The second-order valence-electron chi connectivity index (χ2n) is 7.85. The van der Waals surface area contributed by atoms with Gasteiger partial charge in [0.25, 0.3) is 5.91 Å². The first-order chi connectivity index (χ1) is 12.6. The molecule has 0 saturated carbocycles. The van der Waals surface area contributed by atoms with Crippen LogP contribution in [0.15, 0.2) is 16.8 Å². The Balaban J connectivity index is 1.32. The highest BCUT2D eigenvalue weighted by Crippen LogP contribution is 2.43. The van der Waals surface area contributed by atoms with Crippen molar-refractivity contribution in [3.63, 3.8) is 0 Å². The number of amides is 1. The van der Waals surface area contributed by atoms with E-state index < -0.39 is 5.41 Å². The second kappa shape index (κ2) is 7.29. The Kier molecular flexibility index (Phi) is 5.03. The lowest BCUT2D eigenvalue weighted by molar-refractivity contribution is -0.151. The maximum absolute atomic E-state index is 12.6. The number of piperidine rings is 2. The molecule has 3 fully saturated rings. The highest BCUT2D eigenvalue weighted by molar-refractivity contribution is 7.08. The first kappa shape index (κ1) is 17.9. The summed E-state index contributed by atoms with van der Waals surface area (Å²) in [6, 6.07) is 1.85. The van der Waals surface area contributed by atoms with Gasteiger partial charge in [-0.2, -0.15) is 11.3 Å². The van der Waals surface area contributed by atoms with Crippen molar-refractivity contribution >= 4 is 23.2 Å². The number of thiophene rings is 1. The number of esters is 1. The fourth-order valence-corrected chi connectivity index (χ4v) is 5.07. The van der Waals surface area contributed by atoms with Gasteiger partial charge in [-0.05, 0) is 37.1 Å². The third kappa shape index (κ3) is 3.52. The molecule has 1 spiro atoms. The Morgan fingerprint density at radius 2 is 2.00 bits per heavy atom. The summed E-state index contributed by atoms with van der Waals surface area (Å²) in [4.78, 5) is 29.2. The van der Waals surface area contributed by atoms with Gasteiger partial charge in [0.15, 0.2) is 0 Å². The van der Waals surface area contributed by atoms with Gasteiger partial charge in [0.2, 0.25) is 0 Å². The lowest BCUT2D eigenvalue weighted by Gasteiger charge is -2.36. The number of aliphatic hydroxyl groups excluding tert-OH is 1. The molecule has 6 nitrogen and oxygen atoms in total. The van der Waals surface area contributed by atoms with Crippen molar-refractivity contribution in [2.24, 2.45) is 5.41 Å². The minimum atomic E-state index is -0.411. The van der Waals surface area contributed by atoms with Gasteiger partial charge in [-0.3, -0.25) is 14.5 Å². The Morgan fingerprint density at radius 1 is 1.27 bits per heavy atom. The predicted molar refractivity (Wildman–Crippen MR) is 98.1 cm³/mol. The number of hydrogen-bond donors (Lipinski definition) is 1. The number of aliphatic hydroxyl groups is 1. The topological polar surface area (TPSA) is 70.1 Å². The largest absolute Gasteiger partial charge is 0.461 e. The zero-order chi connectivity index (χ0) is 18.1. The van der Waals surface area contributed by atoms with Gasteiger partial charge in [-0.15, -0.1) is 0 Å². The van der Waals surface area contributed by atoms with Crippen LogP contribution in [0, 0.1) is 5.41 Å². The van der Waals surface area contributed by atoms with Crippen LogP contribution in [0.5, 0.6) is 0 Å². The number of hydrogen-bond acceptors (Lipinski definition) is 6. The molecule has 1 unspecified atom stereocenters. The van der Waals surface area contributed by atoms with Gasteiger partial charge >= 0.3 is 5.97 Å². The summed E-state index contributed by atoms with van der Waals surface area (Å²) in [5.41, 5.74) is 0.330. The van der Waals surface area contributed by atoms with Crippen molar-refractivity contribution < 1.29 is 19.4 Å². The molecule has 7 heteroatoms. The number of likely N-dealkylation sites (tertiary alicyclic amines) is 2.